The minimum atomic E-state index is -1.46. The number of hydrogen-bond donors (Lipinski definition) is 0. The third-order valence-electron chi connectivity index (χ3n) is 2.02. The topological polar surface area (TPSA) is 18.5 Å². The SMILES string of the molecule is CCCO[SiH](Cc1ccccc1)OC. The molecule has 1 aromatic carbocycles. The zero-order valence-electron chi connectivity index (χ0n) is 8.90. The molecule has 0 bridgehead atoms. The van der Waals surface area contributed by atoms with Crippen molar-refractivity contribution in [2.24, 2.45) is 0 Å². The highest BCUT2D eigenvalue weighted by Gasteiger charge is 2.11. The van der Waals surface area contributed by atoms with Crippen molar-refractivity contribution >= 4 is 9.28 Å². The summed E-state index contributed by atoms with van der Waals surface area (Å²) in [5.41, 5.74) is 1.31. The molecule has 1 rings (SSSR count). The van der Waals surface area contributed by atoms with Gasteiger partial charge in [0.1, 0.15) is 0 Å². The molecule has 0 fully saturated rings. The van der Waals surface area contributed by atoms with Crippen LogP contribution in [-0.4, -0.2) is 23.0 Å². The lowest BCUT2D eigenvalue weighted by Crippen LogP contribution is -2.25. The summed E-state index contributed by atoms with van der Waals surface area (Å²) in [6.07, 6.45) is 1.06. The minimum Gasteiger partial charge on any atom is -0.400 e. The number of rotatable bonds is 6. The van der Waals surface area contributed by atoms with E-state index in [1.54, 1.807) is 7.11 Å². The van der Waals surface area contributed by atoms with Gasteiger partial charge in [0.2, 0.25) is 0 Å². The first-order valence-electron chi connectivity index (χ1n) is 5.05. The predicted octanol–water partition coefficient (Wildman–Crippen LogP) is 2.06. The smallest absolute Gasteiger partial charge is 0.325 e. The molecule has 3 heteroatoms. The number of hydrogen-bond acceptors (Lipinski definition) is 2. The Bertz CT molecular complexity index is 238. The maximum absolute atomic E-state index is 5.66. The quantitative estimate of drug-likeness (QED) is 0.669. The fourth-order valence-electron chi connectivity index (χ4n) is 1.27. The van der Waals surface area contributed by atoms with Crippen molar-refractivity contribution in [3.8, 4) is 0 Å². The lowest BCUT2D eigenvalue weighted by Gasteiger charge is -2.13. The first-order valence-corrected chi connectivity index (χ1v) is 6.81. The molecule has 0 N–H and O–H groups in total. The molecular weight excluding hydrogens is 192 g/mol. The highest BCUT2D eigenvalue weighted by molar-refractivity contribution is 6.43. The van der Waals surface area contributed by atoms with Gasteiger partial charge in [0.05, 0.1) is 0 Å². The maximum Gasteiger partial charge on any atom is 0.325 e. The van der Waals surface area contributed by atoms with Crippen molar-refractivity contribution in [1.82, 2.24) is 0 Å². The molecule has 0 saturated heterocycles. The molecule has 0 saturated carbocycles. The van der Waals surface area contributed by atoms with Gasteiger partial charge in [-0.3, -0.25) is 0 Å². The van der Waals surface area contributed by atoms with Crippen LogP contribution in [0.4, 0.5) is 0 Å². The van der Waals surface area contributed by atoms with E-state index in [9.17, 15) is 0 Å². The van der Waals surface area contributed by atoms with E-state index in [0.717, 1.165) is 19.1 Å². The molecule has 78 valence electrons. The van der Waals surface area contributed by atoms with Gasteiger partial charge in [0.15, 0.2) is 0 Å². The fraction of sp³-hybridized carbons (Fsp3) is 0.455. The van der Waals surface area contributed by atoms with Crippen molar-refractivity contribution in [3.05, 3.63) is 35.9 Å². The summed E-state index contributed by atoms with van der Waals surface area (Å²) in [6, 6.07) is 11.3. The van der Waals surface area contributed by atoms with Crippen LogP contribution < -0.4 is 0 Å². The van der Waals surface area contributed by atoms with Crippen LogP contribution in [0.1, 0.15) is 18.9 Å². The molecule has 2 nitrogen and oxygen atoms in total. The molecule has 14 heavy (non-hydrogen) atoms. The Morgan fingerprint density at radius 3 is 2.50 bits per heavy atom. The summed E-state index contributed by atoms with van der Waals surface area (Å²) < 4.78 is 11.0. The largest absolute Gasteiger partial charge is 0.400 e. The summed E-state index contributed by atoms with van der Waals surface area (Å²) in [5.74, 6) is 0. The monoisotopic (exact) mass is 210 g/mol. The van der Waals surface area contributed by atoms with Gasteiger partial charge in [0.25, 0.3) is 0 Å². The molecule has 0 aromatic heterocycles. The molecule has 1 aromatic rings. The lowest BCUT2D eigenvalue weighted by atomic mass is 10.2. The summed E-state index contributed by atoms with van der Waals surface area (Å²) >= 11 is 0. The van der Waals surface area contributed by atoms with E-state index in [1.165, 1.54) is 5.56 Å². The molecule has 1 atom stereocenters. The zero-order chi connectivity index (χ0) is 10.2. The average Bonchev–Trinajstić information content (AvgIpc) is 2.25. The summed E-state index contributed by atoms with van der Waals surface area (Å²) in [4.78, 5) is 0. The van der Waals surface area contributed by atoms with Crippen LogP contribution in [0.5, 0.6) is 0 Å². The highest BCUT2D eigenvalue weighted by atomic mass is 28.3. The van der Waals surface area contributed by atoms with Crippen LogP contribution >= 0.6 is 0 Å². The average molecular weight is 210 g/mol. The normalized spacial score (nSPS) is 12.7. The van der Waals surface area contributed by atoms with Crippen molar-refractivity contribution in [2.45, 2.75) is 19.4 Å². The van der Waals surface area contributed by atoms with Gasteiger partial charge in [-0.2, -0.15) is 0 Å². The van der Waals surface area contributed by atoms with E-state index in [2.05, 4.69) is 31.2 Å². The molecule has 0 aliphatic carbocycles. The van der Waals surface area contributed by atoms with E-state index < -0.39 is 9.28 Å². The van der Waals surface area contributed by atoms with Crippen LogP contribution in [-0.2, 0) is 14.9 Å². The van der Waals surface area contributed by atoms with Crippen LogP contribution in [0.2, 0.25) is 0 Å². The first kappa shape index (κ1) is 11.4. The molecule has 0 amide bonds. The Morgan fingerprint density at radius 2 is 1.93 bits per heavy atom. The van der Waals surface area contributed by atoms with E-state index in [1.807, 2.05) is 6.07 Å². The standard InChI is InChI=1S/C11H18O2Si/c1-3-9-13-14(12-2)10-11-7-5-4-6-8-11/h4-8,14H,3,9-10H2,1-2H3. The molecular formula is C11H18O2Si. The van der Waals surface area contributed by atoms with Crippen LogP contribution in [0, 0.1) is 0 Å². The molecule has 0 spiro atoms. The Morgan fingerprint density at radius 1 is 1.21 bits per heavy atom. The van der Waals surface area contributed by atoms with E-state index >= 15 is 0 Å². The molecule has 0 heterocycles. The number of benzene rings is 1. The Hall–Kier alpha value is -0.643. The maximum atomic E-state index is 5.66. The van der Waals surface area contributed by atoms with Gasteiger partial charge >= 0.3 is 9.28 Å². The predicted molar refractivity (Wildman–Crippen MR) is 60.5 cm³/mol. The fourth-order valence-corrected chi connectivity index (χ4v) is 2.84. The second-order valence-corrected chi connectivity index (χ2v) is 5.30. The van der Waals surface area contributed by atoms with E-state index in [0.29, 0.717) is 0 Å². The molecule has 0 aliphatic heterocycles. The molecule has 0 aliphatic rings. The van der Waals surface area contributed by atoms with Crippen molar-refractivity contribution in [3.63, 3.8) is 0 Å². The first-order chi connectivity index (χ1) is 6.86. The highest BCUT2D eigenvalue weighted by Crippen LogP contribution is 2.03. The zero-order valence-corrected chi connectivity index (χ0v) is 10.1. The van der Waals surface area contributed by atoms with Crippen molar-refractivity contribution in [1.29, 1.82) is 0 Å². The van der Waals surface area contributed by atoms with Gasteiger partial charge in [-0.25, -0.2) is 0 Å². The summed E-state index contributed by atoms with van der Waals surface area (Å²) in [5, 5.41) is 0. The second-order valence-electron chi connectivity index (χ2n) is 3.23. The minimum absolute atomic E-state index is 0.817. The van der Waals surface area contributed by atoms with Gasteiger partial charge in [-0.05, 0) is 12.0 Å². The van der Waals surface area contributed by atoms with Crippen molar-refractivity contribution < 1.29 is 8.85 Å². The Balaban J connectivity index is 2.40. The Labute approximate surface area is 87.7 Å². The Kier molecular flexibility index (Phi) is 5.52. The van der Waals surface area contributed by atoms with Gasteiger partial charge in [-0.1, -0.05) is 37.3 Å². The van der Waals surface area contributed by atoms with Gasteiger partial charge in [0, 0.05) is 19.8 Å². The van der Waals surface area contributed by atoms with Crippen LogP contribution in [0.3, 0.4) is 0 Å². The summed E-state index contributed by atoms with van der Waals surface area (Å²) in [7, 11) is 0.288. The third kappa shape index (κ3) is 4.04. The van der Waals surface area contributed by atoms with Crippen LogP contribution in [0.25, 0.3) is 0 Å². The second kappa shape index (κ2) is 6.76. The van der Waals surface area contributed by atoms with E-state index in [4.69, 9.17) is 8.85 Å². The lowest BCUT2D eigenvalue weighted by molar-refractivity contribution is 0.228. The van der Waals surface area contributed by atoms with Crippen LogP contribution in [0.15, 0.2) is 30.3 Å². The van der Waals surface area contributed by atoms with Gasteiger partial charge < -0.3 is 8.85 Å². The molecule has 1 unspecified atom stereocenters. The summed E-state index contributed by atoms with van der Waals surface area (Å²) in [6.45, 7) is 2.93. The van der Waals surface area contributed by atoms with Gasteiger partial charge in [-0.15, -0.1) is 0 Å². The third-order valence-corrected chi connectivity index (χ3v) is 3.95. The van der Waals surface area contributed by atoms with E-state index in [-0.39, 0.29) is 0 Å². The molecule has 0 radical (unpaired) electrons. The van der Waals surface area contributed by atoms with Crippen molar-refractivity contribution in [2.75, 3.05) is 13.7 Å².